The largest absolute Gasteiger partial charge is 0.493 e. The zero-order chi connectivity index (χ0) is 18.0. The van der Waals surface area contributed by atoms with Gasteiger partial charge in [0.15, 0.2) is 0 Å². The number of sulfonamides is 1. The molecule has 1 aliphatic rings. The molecule has 5 nitrogen and oxygen atoms in total. The van der Waals surface area contributed by atoms with Gasteiger partial charge in [-0.3, -0.25) is 4.79 Å². The third kappa shape index (κ3) is 3.39. The minimum atomic E-state index is -3.70. The molecular formula is C19H21NO4S. The van der Waals surface area contributed by atoms with E-state index in [4.69, 9.17) is 4.74 Å². The van der Waals surface area contributed by atoms with Crippen LogP contribution in [0.5, 0.6) is 5.75 Å². The van der Waals surface area contributed by atoms with Crippen LogP contribution < -0.4 is 4.74 Å². The molecule has 2 aromatic carbocycles. The highest BCUT2D eigenvalue weighted by Gasteiger charge is 2.40. The first-order valence-electron chi connectivity index (χ1n) is 8.27. The minimum absolute atomic E-state index is 0.103. The normalized spacial score (nSPS) is 15.3. The number of fused-ring (bicyclic) bond motifs is 1. The molecule has 2 aromatic rings. The van der Waals surface area contributed by atoms with E-state index in [-0.39, 0.29) is 17.0 Å². The molecule has 0 aliphatic carbocycles. The van der Waals surface area contributed by atoms with Crippen LogP contribution in [-0.2, 0) is 10.0 Å². The third-order valence-corrected chi connectivity index (χ3v) is 6.10. The van der Waals surface area contributed by atoms with Gasteiger partial charge in [0.1, 0.15) is 10.6 Å². The molecule has 0 N–H and O–H groups in total. The Balaban J connectivity index is 1.54. The zero-order valence-corrected chi connectivity index (χ0v) is 15.2. The Labute approximate surface area is 148 Å². The molecule has 0 spiro atoms. The number of amides is 1. The standard InChI is InChI=1S/C19H21NO4S/c1-14-9-10-17(15(2)13-14)24-12-6-5-11-20-19(21)16-7-3-4-8-18(16)25(20,22)23/h3-4,7-10,13H,5-6,11-12H2,1-2H3. The maximum Gasteiger partial charge on any atom is 0.269 e. The van der Waals surface area contributed by atoms with E-state index in [1.807, 2.05) is 26.0 Å². The topological polar surface area (TPSA) is 63.7 Å². The molecule has 1 heterocycles. The fourth-order valence-corrected chi connectivity index (χ4v) is 4.56. The Bertz CT molecular complexity index is 905. The van der Waals surface area contributed by atoms with Gasteiger partial charge in [0.25, 0.3) is 15.9 Å². The first kappa shape index (κ1) is 17.5. The van der Waals surface area contributed by atoms with Gasteiger partial charge < -0.3 is 4.74 Å². The van der Waals surface area contributed by atoms with Crippen molar-refractivity contribution in [3.05, 3.63) is 59.2 Å². The lowest BCUT2D eigenvalue weighted by atomic mass is 10.1. The van der Waals surface area contributed by atoms with Gasteiger partial charge in [0.2, 0.25) is 0 Å². The predicted molar refractivity (Wildman–Crippen MR) is 95.3 cm³/mol. The molecule has 25 heavy (non-hydrogen) atoms. The van der Waals surface area contributed by atoms with Gasteiger partial charge in [-0.1, -0.05) is 29.8 Å². The maximum absolute atomic E-state index is 12.4. The van der Waals surface area contributed by atoms with Gasteiger partial charge in [0, 0.05) is 6.54 Å². The molecule has 0 atom stereocenters. The second kappa shape index (κ2) is 6.88. The Hall–Kier alpha value is -2.34. The fraction of sp³-hybridized carbons (Fsp3) is 0.316. The van der Waals surface area contributed by atoms with Crippen molar-refractivity contribution in [2.45, 2.75) is 31.6 Å². The molecule has 0 bridgehead atoms. The van der Waals surface area contributed by atoms with Gasteiger partial charge in [-0.25, -0.2) is 12.7 Å². The highest BCUT2D eigenvalue weighted by atomic mass is 32.2. The fourth-order valence-electron chi connectivity index (χ4n) is 2.95. The molecule has 0 fully saturated rings. The van der Waals surface area contributed by atoms with Crippen LogP contribution in [0.25, 0.3) is 0 Å². The summed E-state index contributed by atoms with van der Waals surface area (Å²) < 4.78 is 31.6. The Morgan fingerprint density at radius 3 is 2.52 bits per heavy atom. The number of benzene rings is 2. The molecule has 3 rings (SSSR count). The summed E-state index contributed by atoms with van der Waals surface area (Å²) in [6.45, 7) is 4.68. The number of hydrogen-bond acceptors (Lipinski definition) is 4. The van der Waals surface area contributed by atoms with E-state index in [0.717, 1.165) is 15.6 Å². The number of carbonyl (C=O) groups excluding carboxylic acids is 1. The number of hydrogen-bond donors (Lipinski definition) is 0. The molecular weight excluding hydrogens is 338 g/mol. The van der Waals surface area contributed by atoms with E-state index in [0.29, 0.717) is 19.4 Å². The van der Waals surface area contributed by atoms with Gasteiger partial charge in [0.05, 0.1) is 12.2 Å². The van der Waals surface area contributed by atoms with E-state index in [1.165, 1.54) is 11.6 Å². The van der Waals surface area contributed by atoms with Crippen LogP contribution in [0.3, 0.4) is 0 Å². The predicted octanol–water partition coefficient (Wildman–Crippen LogP) is 3.31. The zero-order valence-electron chi connectivity index (χ0n) is 14.4. The summed E-state index contributed by atoms with van der Waals surface area (Å²) in [4.78, 5) is 12.4. The highest BCUT2D eigenvalue weighted by Crippen LogP contribution is 2.30. The van der Waals surface area contributed by atoms with E-state index in [1.54, 1.807) is 18.2 Å². The number of ether oxygens (including phenoxy) is 1. The maximum atomic E-state index is 12.4. The first-order valence-corrected chi connectivity index (χ1v) is 9.71. The number of rotatable bonds is 6. The SMILES string of the molecule is Cc1ccc(OCCCCN2C(=O)c3ccccc3S2(=O)=O)c(C)c1. The van der Waals surface area contributed by atoms with Gasteiger partial charge in [-0.05, 0) is 50.5 Å². The number of nitrogens with zero attached hydrogens (tertiary/aromatic N) is 1. The Kier molecular flexibility index (Phi) is 4.81. The van der Waals surface area contributed by atoms with Crippen LogP contribution in [0.1, 0.15) is 34.3 Å². The molecule has 0 aromatic heterocycles. The van der Waals surface area contributed by atoms with Crippen molar-refractivity contribution >= 4 is 15.9 Å². The summed E-state index contributed by atoms with van der Waals surface area (Å²) in [5, 5.41) is 0. The van der Waals surface area contributed by atoms with Crippen LogP contribution in [0.15, 0.2) is 47.4 Å². The Morgan fingerprint density at radius 1 is 1.04 bits per heavy atom. The quantitative estimate of drug-likeness (QED) is 0.743. The van der Waals surface area contributed by atoms with Crippen LogP contribution in [0.2, 0.25) is 0 Å². The van der Waals surface area contributed by atoms with Crippen LogP contribution in [0, 0.1) is 13.8 Å². The second-order valence-corrected chi connectivity index (χ2v) is 8.03. The molecule has 132 valence electrons. The van der Waals surface area contributed by atoms with Crippen molar-refractivity contribution in [1.29, 1.82) is 0 Å². The lowest BCUT2D eigenvalue weighted by molar-refractivity contribution is 0.0868. The number of unbranched alkanes of at least 4 members (excludes halogenated alkanes) is 1. The van der Waals surface area contributed by atoms with Gasteiger partial charge in [-0.2, -0.15) is 0 Å². The molecule has 0 saturated carbocycles. The van der Waals surface area contributed by atoms with E-state index >= 15 is 0 Å². The molecule has 1 amide bonds. The Morgan fingerprint density at radius 2 is 1.80 bits per heavy atom. The van der Waals surface area contributed by atoms with Crippen LogP contribution in [-0.4, -0.2) is 31.8 Å². The van der Waals surface area contributed by atoms with Crippen molar-refractivity contribution in [2.24, 2.45) is 0 Å². The van der Waals surface area contributed by atoms with Crippen molar-refractivity contribution in [3.8, 4) is 5.75 Å². The summed E-state index contributed by atoms with van der Waals surface area (Å²) in [6, 6.07) is 12.3. The first-order chi connectivity index (χ1) is 11.9. The van der Waals surface area contributed by atoms with E-state index in [2.05, 4.69) is 6.07 Å². The van der Waals surface area contributed by atoms with Crippen molar-refractivity contribution in [3.63, 3.8) is 0 Å². The average Bonchev–Trinajstić information content (AvgIpc) is 2.77. The average molecular weight is 359 g/mol. The second-order valence-electron chi connectivity index (χ2n) is 6.20. The molecule has 0 radical (unpaired) electrons. The summed E-state index contributed by atoms with van der Waals surface area (Å²) in [5.74, 6) is 0.397. The lowest BCUT2D eigenvalue weighted by Gasteiger charge is -2.15. The summed E-state index contributed by atoms with van der Waals surface area (Å²) in [6.07, 6.45) is 1.23. The monoisotopic (exact) mass is 359 g/mol. The smallest absolute Gasteiger partial charge is 0.269 e. The van der Waals surface area contributed by atoms with Gasteiger partial charge in [-0.15, -0.1) is 0 Å². The van der Waals surface area contributed by atoms with Gasteiger partial charge >= 0.3 is 0 Å². The van der Waals surface area contributed by atoms with Crippen LogP contribution >= 0.6 is 0 Å². The number of carbonyl (C=O) groups is 1. The van der Waals surface area contributed by atoms with Crippen molar-refractivity contribution in [1.82, 2.24) is 4.31 Å². The highest BCUT2D eigenvalue weighted by molar-refractivity contribution is 7.90. The van der Waals surface area contributed by atoms with E-state index in [9.17, 15) is 13.2 Å². The lowest BCUT2D eigenvalue weighted by Crippen LogP contribution is -2.31. The summed E-state index contributed by atoms with van der Waals surface area (Å²) in [7, 11) is -3.70. The molecule has 6 heteroatoms. The summed E-state index contributed by atoms with van der Waals surface area (Å²) in [5.41, 5.74) is 2.52. The van der Waals surface area contributed by atoms with E-state index < -0.39 is 15.9 Å². The molecule has 0 unspecified atom stereocenters. The van der Waals surface area contributed by atoms with Crippen molar-refractivity contribution in [2.75, 3.05) is 13.2 Å². The minimum Gasteiger partial charge on any atom is -0.493 e. The third-order valence-electron chi connectivity index (χ3n) is 4.26. The van der Waals surface area contributed by atoms with Crippen LogP contribution in [0.4, 0.5) is 0 Å². The van der Waals surface area contributed by atoms with Crippen molar-refractivity contribution < 1.29 is 17.9 Å². The summed E-state index contributed by atoms with van der Waals surface area (Å²) >= 11 is 0. The molecule has 0 saturated heterocycles. The molecule has 1 aliphatic heterocycles. The number of aryl methyl sites for hydroxylation is 2.